The maximum Gasteiger partial charge on any atom is 0.409 e. The van der Waals surface area contributed by atoms with E-state index in [9.17, 15) is 14.9 Å². The normalized spacial score (nSPS) is 22.1. The van der Waals surface area contributed by atoms with Crippen LogP contribution in [-0.4, -0.2) is 47.5 Å². The molecule has 0 aliphatic carbocycles. The van der Waals surface area contributed by atoms with Crippen molar-refractivity contribution in [1.82, 2.24) is 15.1 Å². The lowest BCUT2D eigenvalue weighted by Gasteiger charge is -2.29. The summed E-state index contributed by atoms with van der Waals surface area (Å²) in [4.78, 5) is 25.2. The summed E-state index contributed by atoms with van der Waals surface area (Å²) >= 11 is 6.13. The molecule has 23 heavy (non-hydrogen) atoms. The zero-order valence-electron chi connectivity index (χ0n) is 12.5. The van der Waals surface area contributed by atoms with E-state index >= 15 is 0 Å². The van der Waals surface area contributed by atoms with Crippen molar-refractivity contribution in [3.05, 3.63) is 25.5 Å². The lowest BCUT2D eigenvalue weighted by atomic mass is 10.2. The molecule has 126 valence electrons. The second-order valence-corrected chi connectivity index (χ2v) is 5.93. The van der Waals surface area contributed by atoms with Crippen molar-refractivity contribution in [1.29, 1.82) is 0 Å². The van der Waals surface area contributed by atoms with Crippen molar-refractivity contribution in [2.75, 3.05) is 37.7 Å². The van der Waals surface area contributed by atoms with E-state index in [1.54, 1.807) is 4.90 Å². The van der Waals surface area contributed by atoms with Crippen LogP contribution in [0.15, 0.2) is 4.79 Å². The largest absolute Gasteiger partial charge is 0.409 e. The minimum Gasteiger partial charge on any atom is -0.363 e. The molecule has 1 N–H and O–H groups in total. The number of hydrogen-bond acceptors (Lipinski definition) is 7. The molecule has 0 radical (unpaired) electrons. The van der Waals surface area contributed by atoms with Gasteiger partial charge in [0.15, 0.2) is 11.3 Å². The summed E-state index contributed by atoms with van der Waals surface area (Å²) in [5.41, 5.74) is -0.293. The summed E-state index contributed by atoms with van der Waals surface area (Å²) in [7, 11) is 0. The van der Waals surface area contributed by atoms with Crippen molar-refractivity contribution in [3.8, 4) is 0 Å². The number of ether oxygens (including phenoxy) is 1. The van der Waals surface area contributed by atoms with Gasteiger partial charge in [0, 0.05) is 32.8 Å². The highest BCUT2D eigenvalue weighted by Crippen LogP contribution is 2.31. The van der Waals surface area contributed by atoms with Gasteiger partial charge in [0.05, 0.1) is 5.10 Å². The van der Waals surface area contributed by atoms with Gasteiger partial charge in [-0.2, -0.15) is 0 Å². The quantitative estimate of drug-likeness (QED) is 0.642. The molecule has 1 aromatic rings. The molecule has 0 spiro atoms. The van der Waals surface area contributed by atoms with Crippen LogP contribution in [0.4, 0.5) is 11.5 Å². The van der Waals surface area contributed by atoms with Gasteiger partial charge < -0.3 is 25.1 Å². The Morgan fingerprint density at radius 2 is 2.09 bits per heavy atom. The topological polar surface area (TPSA) is 103 Å². The Morgan fingerprint density at radius 3 is 2.70 bits per heavy atom. The molecule has 3 heterocycles. The summed E-state index contributed by atoms with van der Waals surface area (Å²) < 4.78 is 6.65. The molecule has 0 amide bonds. The fraction of sp³-hybridized carbons (Fsp3) is 0.692. The van der Waals surface area contributed by atoms with Crippen LogP contribution in [0.25, 0.3) is 0 Å². The number of nitrogens with zero attached hydrogens (tertiary/aromatic N) is 4. The van der Waals surface area contributed by atoms with Crippen LogP contribution in [0, 0.1) is 10.1 Å². The maximum absolute atomic E-state index is 12.8. The van der Waals surface area contributed by atoms with E-state index < -0.39 is 22.5 Å². The zero-order valence-corrected chi connectivity index (χ0v) is 13.3. The van der Waals surface area contributed by atoms with E-state index in [2.05, 4.69) is 10.4 Å². The first-order chi connectivity index (χ1) is 11.1. The average Bonchev–Trinajstić information content (AvgIpc) is 2.56. The molecule has 1 unspecified atom stereocenters. The first-order valence-corrected chi connectivity index (χ1v) is 8.01. The van der Waals surface area contributed by atoms with E-state index in [0.717, 1.165) is 17.5 Å². The molecule has 2 saturated heterocycles. The first-order valence-electron chi connectivity index (χ1n) is 7.63. The van der Waals surface area contributed by atoms with Gasteiger partial charge >= 0.3 is 11.4 Å². The van der Waals surface area contributed by atoms with Crippen LogP contribution in [0.2, 0.25) is 5.02 Å². The van der Waals surface area contributed by atoms with E-state index in [1.165, 1.54) is 0 Å². The van der Waals surface area contributed by atoms with Crippen molar-refractivity contribution < 1.29 is 9.66 Å². The van der Waals surface area contributed by atoms with Gasteiger partial charge in [0.2, 0.25) is 0 Å². The summed E-state index contributed by atoms with van der Waals surface area (Å²) in [6.45, 7) is 3.00. The van der Waals surface area contributed by atoms with Crippen LogP contribution in [0.1, 0.15) is 25.5 Å². The van der Waals surface area contributed by atoms with Gasteiger partial charge in [-0.05, 0) is 24.2 Å². The Morgan fingerprint density at radius 1 is 1.35 bits per heavy atom. The van der Waals surface area contributed by atoms with Gasteiger partial charge in [0.1, 0.15) is 5.69 Å². The zero-order chi connectivity index (χ0) is 16.4. The highest BCUT2D eigenvalue weighted by molar-refractivity contribution is 6.35. The molecule has 2 aliphatic rings. The summed E-state index contributed by atoms with van der Waals surface area (Å²) in [6.07, 6.45) is 1.82. The molecule has 1 aromatic heterocycles. The van der Waals surface area contributed by atoms with E-state index in [0.29, 0.717) is 39.2 Å². The molecule has 2 fully saturated rings. The fourth-order valence-corrected chi connectivity index (χ4v) is 3.20. The summed E-state index contributed by atoms with van der Waals surface area (Å²) in [5, 5.41) is 18.1. The van der Waals surface area contributed by atoms with Gasteiger partial charge in [-0.25, -0.2) is 0 Å². The lowest BCUT2D eigenvalue weighted by Crippen LogP contribution is -2.47. The van der Waals surface area contributed by atoms with Crippen LogP contribution in [0.3, 0.4) is 0 Å². The number of piperazine rings is 1. The van der Waals surface area contributed by atoms with E-state index in [-0.39, 0.29) is 10.7 Å². The van der Waals surface area contributed by atoms with Gasteiger partial charge in [-0.15, -0.1) is 4.68 Å². The predicted molar refractivity (Wildman–Crippen MR) is 84.1 cm³/mol. The number of aromatic nitrogens is 2. The van der Waals surface area contributed by atoms with Crippen LogP contribution in [0.5, 0.6) is 0 Å². The number of halogens is 1. The third-order valence-electron chi connectivity index (χ3n) is 4.05. The van der Waals surface area contributed by atoms with E-state index in [4.69, 9.17) is 16.3 Å². The molecular formula is C13H18ClN5O4. The molecule has 3 rings (SSSR count). The third-order valence-corrected chi connectivity index (χ3v) is 4.40. The van der Waals surface area contributed by atoms with Crippen LogP contribution >= 0.6 is 11.6 Å². The summed E-state index contributed by atoms with van der Waals surface area (Å²) in [6, 6.07) is 0. The molecular weight excluding hydrogens is 326 g/mol. The number of hydrogen-bond donors (Lipinski definition) is 1. The number of rotatable bonds is 3. The molecule has 1 atom stereocenters. The van der Waals surface area contributed by atoms with E-state index in [1.807, 2.05) is 0 Å². The number of nitro groups is 1. The number of nitrogens with one attached hydrogen (secondary N) is 1. The highest BCUT2D eigenvalue weighted by atomic mass is 35.5. The molecule has 0 saturated carbocycles. The third kappa shape index (κ3) is 3.17. The van der Waals surface area contributed by atoms with Gasteiger partial charge in [0.25, 0.3) is 0 Å². The predicted octanol–water partition coefficient (Wildman–Crippen LogP) is 0.914. The van der Waals surface area contributed by atoms with Gasteiger partial charge in [-0.3, -0.25) is 4.79 Å². The molecule has 9 nitrogen and oxygen atoms in total. The highest BCUT2D eigenvalue weighted by Gasteiger charge is 2.32. The Kier molecular flexibility index (Phi) is 4.79. The molecule has 2 aliphatic heterocycles. The van der Waals surface area contributed by atoms with Crippen LogP contribution < -0.4 is 15.8 Å². The Balaban J connectivity index is 2.10. The minimum atomic E-state index is -0.660. The van der Waals surface area contributed by atoms with Crippen molar-refractivity contribution in [2.45, 2.75) is 25.5 Å². The second-order valence-electron chi connectivity index (χ2n) is 5.55. The Hall–Kier alpha value is -1.71. The van der Waals surface area contributed by atoms with Crippen LogP contribution in [-0.2, 0) is 4.74 Å². The van der Waals surface area contributed by atoms with Crippen molar-refractivity contribution >= 4 is 23.1 Å². The first kappa shape index (κ1) is 16.2. The fourth-order valence-electron chi connectivity index (χ4n) is 2.89. The smallest absolute Gasteiger partial charge is 0.363 e. The standard InChI is InChI=1S/C13H18ClN5O4/c14-10-11(17-6-4-15-5-7-17)13(20)18(16-12(10)19(21)22)9-3-1-2-8-23-9/h9,15H,1-8H2. The van der Waals surface area contributed by atoms with Crippen molar-refractivity contribution in [3.63, 3.8) is 0 Å². The molecule has 0 bridgehead atoms. The Labute approximate surface area is 137 Å². The Bertz CT molecular complexity index is 653. The second kappa shape index (κ2) is 6.81. The molecule has 0 aromatic carbocycles. The van der Waals surface area contributed by atoms with Crippen molar-refractivity contribution in [2.24, 2.45) is 0 Å². The molecule has 10 heteroatoms. The maximum atomic E-state index is 12.8. The number of anilines is 1. The summed E-state index contributed by atoms with van der Waals surface area (Å²) in [5.74, 6) is -0.506. The van der Waals surface area contributed by atoms with Gasteiger partial charge in [-0.1, -0.05) is 11.6 Å². The SMILES string of the molecule is O=c1c(N2CCNCC2)c(Cl)c([N+](=O)[O-])nn1C1CCCCO1. The lowest BCUT2D eigenvalue weighted by molar-refractivity contribution is -0.390. The minimum absolute atomic E-state index is 0.143. The monoisotopic (exact) mass is 343 g/mol. The average molecular weight is 344 g/mol.